The Bertz CT molecular complexity index is 1610. The zero-order valence-corrected chi connectivity index (χ0v) is 22.1. The van der Waals surface area contributed by atoms with Gasteiger partial charge in [-0.3, -0.25) is 9.52 Å². The van der Waals surface area contributed by atoms with Crippen LogP contribution < -0.4 is 14.8 Å². The second-order valence-electron chi connectivity index (χ2n) is 8.15. The maximum atomic E-state index is 14.2. The van der Waals surface area contributed by atoms with Gasteiger partial charge in [0.25, 0.3) is 15.9 Å². The molecule has 0 heterocycles. The number of aryl methyl sites for hydroxylation is 1. The molecule has 0 aliphatic rings. The molecule has 0 aromatic heterocycles. The van der Waals surface area contributed by atoms with E-state index in [1.807, 2.05) is 0 Å². The Labute approximate surface area is 228 Å². The zero-order valence-electron chi connectivity index (χ0n) is 19.8. The Morgan fingerprint density at radius 1 is 0.921 bits per heavy atom. The van der Waals surface area contributed by atoms with Crippen LogP contribution in [0.4, 0.5) is 14.5 Å². The molecule has 4 rings (SSSR count). The van der Waals surface area contributed by atoms with Gasteiger partial charge in [0, 0.05) is 17.1 Å². The predicted octanol–water partition coefficient (Wildman–Crippen LogP) is 7.10. The second-order valence-corrected chi connectivity index (χ2v) is 10.7. The van der Waals surface area contributed by atoms with Crippen molar-refractivity contribution in [3.63, 3.8) is 0 Å². The Balaban J connectivity index is 1.51. The maximum absolute atomic E-state index is 14.2. The highest BCUT2D eigenvalue weighted by Crippen LogP contribution is 2.30. The van der Waals surface area contributed by atoms with Crippen molar-refractivity contribution in [1.82, 2.24) is 5.32 Å². The van der Waals surface area contributed by atoms with E-state index in [9.17, 15) is 22.0 Å². The summed E-state index contributed by atoms with van der Waals surface area (Å²) in [6, 6.07) is 19.2. The van der Waals surface area contributed by atoms with Crippen LogP contribution in [0.15, 0.2) is 83.8 Å². The summed E-state index contributed by atoms with van der Waals surface area (Å²) in [6.07, 6.45) is 0. The van der Waals surface area contributed by atoms with Crippen LogP contribution in [0, 0.1) is 18.6 Å². The molecular weight excluding hydrogens is 557 g/mol. The van der Waals surface area contributed by atoms with Crippen LogP contribution in [0.3, 0.4) is 0 Å². The molecule has 0 spiro atoms. The molecule has 4 aromatic carbocycles. The first-order valence-corrected chi connectivity index (χ1v) is 13.4. The lowest BCUT2D eigenvalue weighted by Crippen LogP contribution is -2.25. The second kappa shape index (κ2) is 11.4. The summed E-state index contributed by atoms with van der Waals surface area (Å²) < 4.78 is 62.2. The molecule has 0 fully saturated rings. The number of hydrogen-bond acceptors (Lipinski definition) is 4. The third-order valence-corrected chi connectivity index (χ3v) is 7.39. The number of carbonyl (C=O) groups excluding carboxylic acids is 1. The SMILES string of the molecule is Cc1ccc(CNC(=O)c2cc(Cl)ccc2NS(=O)(=O)c2ccc(Oc3ccccc3Cl)cc2)c(F)c1F. The molecule has 4 aromatic rings. The van der Waals surface area contributed by atoms with Crippen molar-refractivity contribution < 1.29 is 26.7 Å². The molecule has 0 saturated heterocycles. The Hall–Kier alpha value is -3.66. The van der Waals surface area contributed by atoms with Gasteiger partial charge in [-0.1, -0.05) is 47.5 Å². The Morgan fingerprint density at radius 3 is 2.34 bits per heavy atom. The summed E-state index contributed by atoms with van der Waals surface area (Å²) >= 11 is 12.1. The van der Waals surface area contributed by atoms with Crippen LogP contribution in [0.2, 0.25) is 10.0 Å². The van der Waals surface area contributed by atoms with Crippen LogP contribution in [0.25, 0.3) is 0 Å². The van der Waals surface area contributed by atoms with E-state index in [4.69, 9.17) is 27.9 Å². The first kappa shape index (κ1) is 27.4. The van der Waals surface area contributed by atoms with E-state index in [0.717, 1.165) is 0 Å². The first-order valence-electron chi connectivity index (χ1n) is 11.1. The number of rotatable bonds is 8. The van der Waals surface area contributed by atoms with Gasteiger partial charge in [-0.05, 0) is 67.1 Å². The number of anilines is 1. The number of hydrogen-bond donors (Lipinski definition) is 2. The number of halogens is 4. The number of para-hydroxylation sites is 1. The number of amides is 1. The van der Waals surface area contributed by atoms with E-state index in [1.165, 1.54) is 61.5 Å². The molecule has 2 N–H and O–H groups in total. The molecule has 0 saturated carbocycles. The third-order valence-electron chi connectivity index (χ3n) is 5.46. The predicted molar refractivity (Wildman–Crippen MR) is 142 cm³/mol. The average Bonchev–Trinajstić information content (AvgIpc) is 2.89. The summed E-state index contributed by atoms with van der Waals surface area (Å²) in [6.45, 7) is 1.10. The van der Waals surface area contributed by atoms with Gasteiger partial charge in [-0.2, -0.15) is 0 Å². The fourth-order valence-corrected chi connectivity index (χ4v) is 4.86. The zero-order chi connectivity index (χ0) is 27.4. The van der Waals surface area contributed by atoms with Gasteiger partial charge in [0.15, 0.2) is 11.6 Å². The van der Waals surface area contributed by atoms with Crippen LogP contribution in [-0.2, 0) is 16.6 Å². The molecule has 0 aliphatic heterocycles. The van der Waals surface area contributed by atoms with Gasteiger partial charge in [-0.15, -0.1) is 0 Å². The number of sulfonamides is 1. The molecule has 6 nitrogen and oxygen atoms in total. The minimum absolute atomic E-state index is 0.0566. The lowest BCUT2D eigenvalue weighted by atomic mass is 10.1. The normalized spacial score (nSPS) is 11.2. The van der Waals surface area contributed by atoms with E-state index in [2.05, 4.69) is 10.0 Å². The highest BCUT2D eigenvalue weighted by molar-refractivity contribution is 7.92. The molecule has 0 aliphatic carbocycles. The summed E-state index contributed by atoms with van der Waals surface area (Å²) in [7, 11) is -4.13. The number of nitrogens with one attached hydrogen (secondary N) is 2. The van der Waals surface area contributed by atoms with Crippen LogP contribution in [0.5, 0.6) is 11.5 Å². The van der Waals surface area contributed by atoms with Gasteiger partial charge in [0.05, 0.1) is 21.2 Å². The molecule has 0 radical (unpaired) electrons. The van der Waals surface area contributed by atoms with Crippen molar-refractivity contribution in [2.24, 2.45) is 0 Å². The van der Waals surface area contributed by atoms with E-state index in [-0.39, 0.29) is 38.8 Å². The largest absolute Gasteiger partial charge is 0.456 e. The maximum Gasteiger partial charge on any atom is 0.261 e. The summed E-state index contributed by atoms with van der Waals surface area (Å²) in [4.78, 5) is 12.8. The van der Waals surface area contributed by atoms with Gasteiger partial charge < -0.3 is 10.1 Å². The van der Waals surface area contributed by atoms with Crippen molar-refractivity contribution >= 4 is 44.8 Å². The lowest BCUT2D eigenvalue weighted by Gasteiger charge is -2.14. The Morgan fingerprint density at radius 2 is 1.63 bits per heavy atom. The molecule has 196 valence electrons. The number of ether oxygens (including phenoxy) is 1. The molecule has 38 heavy (non-hydrogen) atoms. The topological polar surface area (TPSA) is 84.5 Å². The lowest BCUT2D eigenvalue weighted by molar-refractivity contribution is 0.0951. The Kier molecular flexibility index (Phi) is 8.20. The summed E-state index contributed by atoms with van der Waals surface area (Å²) in [5.74, 6) is -2.04. The van der Waals surface area contributed by atoms with Crippen LogP contribution >= 0.6 is 23.2 Å². The van der Waals surface area contributed by atoms with Gasteiger partial charge in [-0.25, -0.2) is 17.2 Å². The first-order chi connectivity index (χ1) is 18.0. The highest BCUT2D eigenvalue weighted by atomic mass is 35.5. The fraction of sp³-hybridized carbons (Fsp3) is 0.0741. The van der Waals surface area contributed by atoms with Crippen molar-refractivity contribution in [2.45, 2.75) is 18.4 Å². The van der Waals surface area contributed by atoms with Crippen LogP contribution in [-0.4, -0.2) is 14.3 Å². The van der Waals surface area contributed by atoms with Crippen molar-refractivity contribution in [3.05, 3.63) is 117 Å². The number of carbonyl (C=O) groups is 1. The summed E-state index contributed by atoms with van der Waals surface area (Å²) in [5, 5.41) is 3.04. The van der Waals surface area contributed by atoms with E-state index in [0.29, 0.717) is 16.5 Å². The van der Waals surface area contributed by atoms with E-state index < -0.39 is 27.6 Å². The smallest absolute Gasteiger partial charge is 0.261 e. The third kappa shape index (κ3) is 6.24. The fourth-order valence-electron chi connectivity index (χ4n) is 3.43. The molecule has 0 atom stereocenters. The molecule has 0 bridgehead atoms. The van der Waals surface area contributed by atoms with Crippen molar-refractivity contribution in [1.29, 1.82) is 0 Å². The molecule has 0 unspecified atom stereocenters. The van der Waals surface area contributed by atoms with Crippen molar-refractivity contribution in [3.8, 4) is 11.5 Å². The number of benzene rings is 4. The van der Waals surface area contributed by atoms with Crippen LogP contribution in [0.1, 0.15) is 21.5 Å². The minimum Gasteiger partial charge on any atom is -0.456 e. The van der Waals surface area contributed by atoms with Gasteiger partial charge in [0.2, 0.25) is 0 Å². The van der Waals surface area contributed by atoms with Crippen molar-refractivity contribution in [2.75, 3.05) is 4.72 Å². The van der Waals surface area contributed by atoms with E-state index in [1.54, 1.807) is 24.3 Å². The van der Waals surface area contributed by atoms with Gasteiger partial charge in [0.1, 0.15) is 11.5 Å². The van der Waals surface area contributed by atoms with E-state index >= 15 is 0 Å². The highest BCUT2D eigenvalue weighted by Gasteiger charge is 2.20. The quantitative estimate of drug-likeness (QED) is 0.234. The molecular formula is C27H20Cl2F2N2O4S. The van der Waals surface area contributed by atoms with Gasteiger partial charge >= 0.3 is 0 Å². The molecule has 11 heteroatoms. The average molecular weight is 577 g/mol. The molecule has 1 amide bonds. The monoisotopic (exact) mass is 576 g/mol. The summed E-state index contributed by atoms with van der Waals surface area (Å²) in [5.41, 5.74) is -0.0936. The minimum atomic E-state index is -4.13. The standard InChI is InChI=1S/C27H20Cl2F2N2O4S/c1-16-6-7-17(26(31)25(16)30)15-32-27(34)21-14-18(28)8-13-23(21)33-38(35,36)20-11-9-19(10-12-20)37-24-5-3-2-4-22(24)29/h2-14,33H,15H2,1H3,(H,32,34).